The third kappa shape index (κ3) is 2.68. The van der Waals surface area contributed by atoms with Crippen LogP contribution in [0.1, 0.15) is 22.9 Å². The lowest BCUT2D eigenvalue weighted by molar-refractivity contribution is 0.214. The zero-order valence-electron chi connectivity index (χ0n) is 11.4. The van der Waals surface area contributed by atoms with Gasteiger partial charge in [0.25, 0.3) is 0 Å². The van der Waals surface area contributed by atoms with Gasteiger partial charge in [-0.15, -0.1) is 0 Å². The van der Waals surface area contributed by atoms with Gasteiger partial charge in [0.2, 0.25) is 0 Å². The fraction of sp³-hybridized carbons (Fsp3) is 0.125. The first kappa shape index (κ1) is 13.5. The smallest absolute Gasteiger partial charge is 0.126 e. The standard InChI is InChI=1S/C16H14FN3O/c1-11-9-12(7-8-14(11)17)16(21)15-10-18-20(19-15)13-5-3-2-4-6-13/h2-10,16,21H,1H3. The van der Waals surface area contributed by atoms with Crippen LogP contribution in [0.15, 0.2) is 54.7 Å². The van der Waals surface area contributed by atoms with Crippen molar-refractivity contribution in [3.63, 3.8) is 0 Å². The van der Waals surface area contributed by atoms with Crippen LogP contribution in [0.5, 0.6) is 0 Å². The summed E-state index contributed by atoms with van der Waals surface area (Å²) in [5, 5.41) is 18.7. The van der Waals surface area contributed by atoms with E-state index in [9.17, 15) is 9.50 Å². The van der Waals surface area contributed by atoms with Gasteiger partial charge in [-0.3, -0.25) is 0 Å². The molecule has 0 aliphatic rings. The minimum absolute atomic E-state index is 0.293. The fourth-order valence-electron chi connectivity index (χ4n) is 2.09. The second-order valence-electron chi connectivity index (χ2n) is 4.81. The molecule has 2 aromatic carbocycles. The molecule has 0 amide bonds. The van der Waals surface area contributed by atoms with E-state index in [0.29, 0.717) is 16.8 Å². The number of rotatable bonds is 3. The molecule has 1 unspecified atom stereocenters. The van der Waals surface area contributed by atoms with E-state index < -0.39 is 6.10 Å². The minimum Gasteiger partial charge on any atom is -0.382 e. The summed E-state index contributed by atoms with van der Waals surface area (Å²) in [6.45, 7) is 1.66. The molecule has 3 rings (SSSR count). The molecule has 0 bridgehead atoms. The molecule has 1 heterocycles. The maximum atomic E-state index is 13.3. The summed E-state index contributed by atoms with van der Waals surface area (Å²) < 4.78 is 13.3. The first-order valence-electron chi connectivity index (χ1n) is 6.57. The lowest BCUT2D eigenvalue weighted by Gasteiger charge is -2.09. The van der Waals surface area contributed by atoms with Gasteiger partial charge in [0, 0.05) is 0 Å². The molecule has 1 aromatic heterocycles. The van der Waals surface area contributed by atoms with Gasteiger partial charge in [-0.2, -0.15) is 15.0 Å². The van der Waals surface area contributed by atoms with Crippen LogP contribution < -0.4 is 0 Å². The number of hydrogen-bond acceptors (Lipinski definition) is 3. The highest BCUT2D eigenvalue weighted by molar-refractivity contribution is 5.31. The lowest BCUT2D eigenvalue weighted by Crippen LogP contribution is -2.04. The zero-order valence-corrected chi connectivity index (χ0v) is 11.4. The van der Waals surface area contributed by atoms with Crippen molar-refractivity contribution in [2.24, 2.45) is 0 Å². The van der Waals surface area contributed by atoms with E-state index in [-0.39, 0.29) is 5.82 Å². The van der Waals surface area contributed by atoms with Crippen LogP contribution in [0.3, 0.4) is 0 Å². The summed E-state index contributed by atoms with van der Waals surface area (Å²) in [7, 11) is 0. The van der Waals surface area contributed by atoms with Crippen LogP contribution in [0.4, 0.5) is 4.39 Å². The Hall–Kier alpha value is -2.53. The van der Waals surface area contributed by atoms with Crippen molar-refractivity contribution >= 4 is 0 Å². The number of hydrogen-bond donors (Lipinski definition) is 1. The van der Waals surface area contributed by atoms with Crippen LogP contribution in [-0.2, 0) is 0 Å². The Balaban J connectivity index is 1.90. The summed E-state index contributed by atoms with van der Waals surface area (Å²) in [5.41, 5.74) is 2.31. The van der Waals surface area contributed by atoms with Crippen LogP contribution in [0, 0.1) is 12.7 Å². The van der Waals surface area contributed by atoms with Crippen molar-refractivity contribution in [1.82, 2.24) is 15.0 Å². The largest absolute Gasteiger partial charge is 0.382 e. The zero-order chi connectivity index (χ0) is 14.8. The summed E-state index contributed by atoms with van der Waals surface area (Å²) in [6, 6.07) is 13.9. The summed E-state index contributed by atoms with van der Waals surface area (Å²) in [5.74, 6) is -0.293. The minimum atomic E-state index is -0.929. The highest BCUT2D eigenvalue weighted by Gasteiger charge is 2.16. The molecule has 0 saturated carbocycles. The molecular weight excluding hydrogens is 269 g/mol. The fourth-order valence-corrected chi connectivity index (χ4v) is 2.09. The first-order valence-corrected chi connectivity index (χ1v) is 6.57. The molecule has 1 atom stereocenters. The molecule has 0 fully saturated rings. The summed E-state index contributed by atoms with van der Waals surface area (Å²) >= 11 is 0. The third-order valence-corrected chi connectivity index (χ3v) is 3.27. The van der Waals surface area contributed by atoms with E-state index in [1.54, 1.807) is 19.1 Å². The molecule has 0 aliphatic heterocycles. The molecule has 0 spiro atoms. The Morgan fingerprint density at radius 1 is 1.14 bits per heavy atom. The number of para-hydroxylation sites is 1. The van der Waals surface area contributed by atoms with Crippen molar-refractivity contribution < 1.29 is 9.50 Å². The monoisotopic (exact) mass is 283 g/mol. The SMILES string of the molecule is Cc1cc(C(O)c2cnn(-c3ccccc3)n2)ccc1F. The van der Waals surface area contributed by atoms with Crippen LogP contribution in [0.2, 0.25) is 0 Å². The van der Waals surface area contributed by atoms with Gasteiger partial charge < -0.3 is 5.11 Å². The summed E-state index contributed by atoms with van der Waals surface area (Å²) in [6.07, 6.45) is 0.581. The predicted molar refractivity (Wildman–Crippen MR) is 76.6 cm³/mol. The van der Waals surface area contributed by atoms with Gasteiger partial charge in [0.05, 0.1) is 11.9 Å². The molecule has 0 saturated heterocycles. The van der Waals surface area contributed by atoms with Gasteiger partial charge in [-0.05, 0) is 36.2 Å². The number of aryl methyl sites for hydroxylation is 1. The molecule has 3 aromatic rings. The molecule has 1 N–H and O–H groups in total. The number of aromatic nitrogens is 3. The van der Waals surface area contributed by atoms with Gasteiger partial charge in [-0.1, -0.05) is 30.3 Å². The van der Waals surface area contributed by atoms with E-state index in [2.05, 4.69) is 10.2 Å². The Bertz CT molecular complexity index is 755. The lowest BCUT2D eigenvalue weighted by atomic mass is 10.0. The number of benzene rings is 2. The average molecular weight is 283 g/mol. The van der Waals surface area contributed by atoms with Gasteiger partial charge in [0.1, 0.15) is 17.6 Å². The Labute approximate surface area is 121 Å². The average Bonchev–Trinajstić information content (AvgIpc) is 3.00. The second kappa shape index (κ2) is 5.46. The number of nitrogens with zero attached hydrogens (tertiary/aromatic N) is 3. The molecular formula is C16H14FN3O. The number of halogens is 1. The van der Waals surface area contributed by atoms with Crippen molar-refractivity contribution in [2.75, 3.05) is 0 Å². The molecule has 106 valence electrons. The van der Waals surface area contributed by atoms with Crippen LogP contribution >= 0.6 is 0 Å². The normalized spacial score (nSPS) is 12.3. The maximum absolute atomic E-state index is 13.3. The van der Waals surface area contributed by atoms with E-state index in [1.807, 2.05) is 30.3 Å². The Kier molecular flexibility index (Phi) is 3.50. The quantitative estimate of drug-likeness (QED) is 0.804. The number of aliphatic hydroxyl groups excluding tert-OH is 1. The van der Waals surface area contributed by atoms with Crippen molar-refractivity contribution in [3.8, 4) is 5.69 Å². The van der Waals surface area contributed by atoms with E-state index in [4.69, 9.17) is 0 Å². The van der Waals surface area contributed by atoms with Gasteiger partial charge in [-0.25, -0.2) is 4.39 Å². The third-order valence-electron chi connectivity index (χ3n) is 3.27. The Morgan fingerprint density at radius 2 is 1.90 bits per heavy atom. The van der Waals surface area contributed by atoms with Crippen LogP contribution in [0.25, 0.3) is 5.69 Å². The highest BCUT2D eigenvalue weighted by Crippen LogP contribution is 2.22. The van der Waals surface area contributed by atoms with Gasteiger partial charge >= 0.3 is 0 Å². The first-order chi connectivity index (χ1) is 10.1. The molecule has 0 aliphatic carbocycles. The van der Waals surface area contributed by atoms with Crippen molar-refractivity contribution in [2.45, 2.75) is 13.0 Å². The maximum Gasteiger partial charge on any atom is 0.126 e. The second-order valence-corrected chi connectivity index (χ2v) is 4.81. The molecule has 4 nitrogen and oxygen atoms in total. The van der Waals surface area contributed by atoms with Crippen molar-refractivity contribution in [1.29, 1.82) is 0 Å². The van der Waals surface area contributed by atoms with Crippen molar-refractivity contribution in [3.05, 3.63) is 77.4 Å². The highest BCUT2D eigenvalue weighted by atomic mass is 19.1. The molecule has 0 radical (unpaired) electrons. The van der Waals surface area contributed by atoms with E-state index in [0.717, 1.165) is 5.69 Å². The van der Waals surface area contributed by atoms with Crippen LogP contribution in [-0.4, -0.2) is 20.1 Å². The topological polar surface area (TPSA) is 50.9 Å². The van der Waals surface area contributed by atoms with E-state index in [1.165, 1.54) is 17.1 Å². The van der Waals surface area contributed by atoms with E-state index >= 15 is 0 Å². The van der Waals surface area contributed by atoms with Gasteiger partial charge in [0.15, 0.2) is 0 Å². The molecule has 21 heavy (non-hydrogen) atoms. The number of aliphatic hydroxyl groups is 1. The molecule has 5 heteroatoms. The predicted octanol–water partition coefficient (Wildman–Crippen LogP) is 2.80. The summed E-state index contributed by atoms with van der Waals surface area (Å²) in [4.78, 5) is 1.45. The Morgan fingerprint density at radius 3 is 2.62 bits per heavy atom.